The number of benzene rings is 2. The Hall–Kier alpha value is -3.29. The monoisotopic (exact) mass is 406 g/mol. The highest BCUT2D eigenvalue weighted by Gasteiger charge is 2.19. The van der Waals surface area contributed by atoms with Gasteiger partial charge in [-0.1, -0.05) is 18.2 Å². The molecule has 0 aliphatic heterocycles. The summed E-state index contributed by atoms with van der Waals surface area (Å²) in [7, 11) is 0. The van der Waals surface area contributed by atoms with Crippen LogP contribution in [0.2, 0.25) is 0 Å². The van der Waals surface area contributed by atoms with Gasteiger partial charge in [0.1, 0.15) is 12.3 Å². The molecule has 7 heteroatoms. The third kappa shape index (κ3) is 3.65. The lowest BCUT2D eigenvalue weighted by Crippen LogP contribution is -2.32. The Morgan fingerprint density at radius 3 is 2.77 bits per heavy atom. The molecular weight excluding hydrogens is 380 g/mol. The molecule has 1 amide bonds. The van der Waals surface area contributed by atoms with Crippen LogP contribution in [-0.4, -0.2) is 43.9 Å². The number of nitrogens with zero attached hydrogens (tertiary/aromatic N) is 2. The molecule has 0 unspecified atom stereocenters. The maximum Gasteiger partial charge on any atom is 0.265 e. The van der Waals surface area contributed by atoms with Crippen molar-refractivity contribution in [3.63, 3.8) is 0 Å². The van der Waals surface area contributed by atoms with Crippen molar-refractivity contribution in [3.8, 4) is 5.75 Å². The van der Waals surface area contributed by atoms with E-state index in [9.17, 15) is 15.1 Å². The molecule has 0 fully saturated rings. The standard InChI is InChI=1S/C23H26N4O3/c1-15-18(8-10-24)20-12-17(28)6-7-22(20)26(15)14-23(29)27(30)11-9-16-13-25-21-5-3-2-4-19(16)21/h2-7,12-13,25,28,30H,8-11,14,24H2,1H3. The van der Waals surface area contributed by atoms with E-state index in [2.05, 4.69) is 4.98 Å². The lowest BCUT2D eigenvalue weighted by molar-refractivity contribution is -0.165. The van der Waals surface area contributed by atoms with Gasteiger partial charge in [0, 0.05) is 33.7 Å². The lowest BCUT2D eigenvalue weighted by atomic mass is 10.1. The molecule has 0 spiro atoms. The summed E-state index contributed by atoms with van der Waals surface area (Å²) >= 11 is 0. The predicted molar refractivity (Wildman–Crippen MR) is 117 cm³/mol. The van der Waals surface area contributed by atoms with Crippen molar-refractivity contribution in [1.29, 1.82) is 0 Å². The lowest BCUT2D eigenvalue weighted by Gasteiger charge is -2.16. The molecule has 2 aromatic heterocycles. The van der Waals surface area contributed by atoms with Crippen LogP contribution < -0.4 is 5.73 Å². The first-order chi connectivity index (χ1) is 14.5. The number of hydrogen-bond donors (Lipinski definition) is 4. The van der Waals surface area contributed by atoms with Gasteiger partial charge in [-0.3, -0.25) is 10.0 Å². The second kappa shape index (κ2) is 8.22. The minimum absolute atomic E-state index is 0.0159. The van der Waals surface area contributed by atoms with Crippen LogP contribution in [0.5, 0.6) is 5.75 Å². The Bertz CT molecular complexity index is 1210. The molecule has 2 heterocycles. The summed E-state index contributed by atoms with van der Waals surface area (Å²) in [5, 5.41) is 23.0. The van der Waals surface area contributed by atoms with Gasteiger partial charge in [-0.15, -0.1) is 0 Å². The Morgan fingerprint density at radius 1 is 1.17 bits per heavy atom. The zero-order chi connectivity index (χ0) is 21.3. The summed E-state index contributed by atoms with van der Waals surface area (Å²) < 4.78 is 1.87. The van der Waals surface area contributed by atoms with Crippen LogP contribution in [0, 0.1) is 6.92 Å². The SMILES string of the molecule is Cc1c(CCN)c2cc(O)ccc2n1CC(=O)N(O)CCc1c[nH]c2ccccc12. The van der Waals surface area contributed by atoms with Crippen molar-refractivity contribution in [2.24, 2.45) is 5.73 Å². The number of aromatic hydroxyl groups is 1. The minimum atomic E-state index is -0.387. The molecule has 30 heavy (non-hydrogen) atoms. The zero-order valence-corrected chi connectivity index (χ0v) is 16.9. The zero-order valence-electron chi connectivity index (χ0n) is 16.9. The number of fused-ring (bicyclic) bond motifs is 2. The number of carbonyl (C=O) groups excluding carboxylic acids is 1. The fourth-order valence-electron chi connectivity index (χ4n) is 4.11. The maximum absolute atomic E-state index is 12.7. The molecule has 0 atom stereocenters. The topological polar surface area (TPSA) is 108 Å². The number of amides is 1. The molecule has 0 saturated heterocycles. The number of aromatic amines is 1. The normalized spacial score (nSPS) is 11.4. The van der Waals surface area contributed by atoms with Crippen molar-refractivity contribution >= 4 is 27.7 Å². The third-order valence-electron chi connectivity index (χ3n) is 5.68. The smallest absolute Gasteiger partial charge is 0.265 e. The number of hydroxylamine groups is 2. The predicted octanol–water partition coefficient (Wildman–Crippen LogP) is 3.10. The molecule has 0 saturated carbocycles. The van der Waals surface area contributed by atoms with Gasteiger partial charge in [-0.25, -0.2) is 5.06 Å². The van der Waals surface area contributed by atoms with E-state index in [1.165, 1.54) is 0 Å². The Balaban J connectivity index is 1.52. The molecule has 0 aliphatic rings. The number of phenols is 1. The molecule has 0 radical (unpaired) electrons. The van der Waals surface area contributed by atoms with E-state index in [0.717, 1.165) is 43.7 Å². The van der Waals surface area contributed by atoms with Gasteiger partial charge in [0.25, 0.3) is 5.91 Å². The number of para-hydroxylation sites is 1. The van der Waals surface area contributed by atoms with E-state index < -0.39 is 0 Å². The van der Waals surface area contributed by atoms with Crippen molar-refractivity contribution in [3.05, 3.63) is 65.5 Å². The molecule has 4 aromatic rings. The summed E-state index contributed by atoms with van der Waals surface area (Å²) in [5.41, 5.74) is 10.6. The van der Waals surface area contributed by atoms with Crippen LogP contribution in [0.4, 0.5) is 0 Å². The Morgan fingerprint density at radius 2 is 1.97 bits per heavy atom. The van der Waals surface area contributed by atoms with E-state index in [4.69, 9.17) is 5.73 Å². The molecule has 2 aromatic carbocycles. The first kappa shape index (κ1) is 20.0. The van der Waals surface area contributed by atoms with Crippen molar-refractivity contribution < 1.29 is 15.1 Å². The number of rotatable bonds is 7. The first-order valence-electron chi connectivity index (χ1n) is 10.0. The summed E-state index contributed by atoms with van der Waals surface area (Å²) in [6.45, 7) is 2.63. The van der Waals surface area contributed by atoms with Gasteiger partial charge >= 0.3 is 0 Å². The molecular formula is C23H26N4O3. The van der Waals surface area contributed by atoms with Gasteiger partial charge in [-0.05, 0) is 61.7 Å². The molecule has 5 N–H and O–H groups in total. The quantitative estimate of drug-likeness (QED) is 0.279. The fraction of sp³-hybridized carbons (Fsp3) is 0.261. The summed E-state index contributed by atoms with van der Waals surface area (Å²) in [5.74, 6) is -0.214. The summed E-state index contributed by atoms with van der Waals surface area (Å²) in [6.07, 6.45) is 3.11. The highest BCUT2D eigenvalue weighted by atomic mass is 16.5. The average Bonchev–Trinajstić information content (AvgIpc) is 3.26. The van der Waals surface area contributed by atoms with Crippen LogP contribution in [-0.2, 0) is 24.2 Å². The highest BCUT2D eigenvalue weighted by Crippen LogP contribution is 2.29. The van der Waals surface area contributed by atoms with Gasteiger partial charge in [0.05, 0.1) is 6.54 Å². The van der Waals surface area contributed by atoms with Crippen LogP contribution in [0.3, 0.4) is 0 Å². The molecule has 7 nitrogen and oxygen atoms in total. The van der Waals surface area contributed by atoms with E-state index in [1.807, 2.05) is 42.0 Å². The number of nitrogens with one attached hydrogen (secondary N) is 1. The number of aromatic nitrogens is 2. The second-order valence-electron chi connectivity index (χ2n) is 7.52. The summed E-state index contributed by atoms with van der Waals surface area (Å²) in [6, 6.07) is 13.0. The van der Waals surface area contributed by atoms with E-state index >= 15 is 0 Å². The molecule has 156 valence electrons. The second-order valence-corrected chi connectivity index (χ2v) is 7.52. The highest BCUT2D eigenvalue weighted by molar-refractivity contribution is 5.88. The van der Waals surface area contributed by atoms with Crippen molar-refractivity contribution in [1.82, 2.24) is 14.6 Å². The average molecular weight is 406 g/mol. The number of phenolic OH excluding ortho intramolecular Hbond substituents is 1. The first-order valence-corrected chi connectivity index (χ1v) is 10.0. The van der Waals surface area contributed by atoms with Gasteiger partial charge in [-0.2, -0.15) is 0 Å². The van der Waals surface area contributed by atoms with Crippen molar-refractivity contribution in [2.75, 3.05) is 13.1 Å². The Kier molecular flexibility index (Phi) is 5.48. The number of carbonyl (C=O) groups is 1. The molecule has 4 rings (SSSR count). The van der Waals surface area contributed by atoms with E-state index in [-0.39, 0.29) is 24.7 Å². The van der Waals surface area contributed by atoms with Gasteiger partial charge in [0.2, 0.25) is 0 Å². The van der Waals surface area contributed by atoms with Gasteiger partial charge < -0.3 is 20.4 Å². The summed E-state index contributed by atoms with van der Waals surface area (Å²) in [4.78, 5) is 15.9. The minimum Gasteiger partial charge on any atom is -0.508 e. The number of H-pyrrole nitrogens is 1. The third-order valence-corrected chi connectivity index (χ3v) is 5.68. The maximum atomic E-state index is 12.7. The largest absolute Gasteiger partial charge is 0.508 e. The molecule has 0 bridgehead atoms. The van der Waals surface area contributed by atoms with E-state index in [1.54, 1.807) is 18.2 Å². The number of nitrogens with two attached hydrogens (primary N) is 1. The molecule has 0 aliphatic carbocycles. The van der Waals surface area contributed by atoms with Crippen LogP contribution in [0.25, 0.3) is 21.8 Å². The Labute approximate surface area is 174 Å². The fourth-order valence-corrected chi connectivity index (χ4v) is 4.11. The van der Waals surface area contributed by atoms with Crippen LogP contribution >= 0.6 is 0 Å². The van der Waals surface area contributed by atoms with Crippen LogP contribution in [0.15, 0.2) is 48.7 Å². The van der Waals surface area contributed by atoms with Gasteiger partial charge in [0.15, 0.2) is 0 Å². The van der Waals surface area contributed by atoms with Crippen molar-refractivity contribution in [2.45, 2.75) is 26.3 Å². The van der Waals surface area contributed by atoms with Crippen LogP contribution in [0.1, 0.15) is 16.8 Å². The van der Waals surface area contributed by atoms with E-state index in [0.29, 0.717) is 19.4 Å². The number of hydrogen-bond acceptors (Lipinski definition) is 4.